The molecule has 0 bridgehead atoms. The van der Waals surface area contributed by atoms with E-state index in [2.05, 4.69) is 10.2 Å². The van der Waals surface area contributed by atoms with Gasteiger partial charge < -0.3 is 15.0 Å². The number of likely N-dealkylation sites (N-methyl/N-ethyl adjacent to an activating group) is 1. The second kappa shape index (κ2) is 11.3. The highest BCUT2D eigenvalue weighted by Gasteiger charge is 2.39. The smallest absolute Gasteiger partial charge is 0.416 e. The van der Waals surface area contributed by atoms with Crippen molar-refractivity contribution in [3.8, 4) is 0 Å². The molecule has 11 heteroatoms. The first-order valence-electron chi connectivity index (χ1n) is 12.1. The van der Waals surface area contributed by atoms with Crippen LogP contribution in [-0.4, -0.2) is 78.5 Å². The van der Waals surface area contributed by atoms with Gasteiger partial charge in [0.1, 0.15) is 0 Å². The molecule has 2 heterocycles. The molecule has 1 fully saturated rings. The number of amides is 3. The summed E-state index contributed by atoms with van der Waals surface area (Å²) in [6.07, 6.45) is -4.50. The number of alkyl halides is 3. The third kappa shape index (κ3) is 6.00. The Balaban J connectivity index is 1.96. The number of carbonyl (C=O) groups is 3. The largest absolute Gasteiger partial charge is 0.463 e. The Labute approximate surface area is 209 Å². The summed E-state index contributed by atoms with van der Waals surface area (Å²) in [6.45, 7) is 9.97. The normalized spacial score (nSPS) is 19.6. The molecule has 0 spiro atoms. The van der Waals surface area contributed by atoms with Crippen molar-refractivity contribution in [2.45, 2.75) is 39.9 Å². The maximum atomic E-state index is 13.1. The fourth-order valence-corrected chi connectivity index (χ4v) is 4.48. The summed E-state index contributed by atoms with van der Waals surface area (Å²) in [5.74, 6) is -0.656. The summed E-state index contributed by atoms with van der Waals surface area (Å²) in [5.41, 5.74) is 0.172. The first-order valence-corrected chi connectivity index (χ1v) is 12.1. The zero-order chi connectivity index (χ0) is 26.6. The summed E-state index contributed by atoms with van der Waals surface area (Å²) < 4.78 is 44.5. The summed E-state index contributed by atoms with van der Waals surface area (Å²) in [4.78, 5) is 43.8. The number of carbonyl (C=O) groups excluding carboxylic acids is 3. The molecule has 3 rings (SSSR count). The van der Waals surface area contributed by atoms with Crippen LogP contribution in [0.4, 0.5) is 18.0 Å². The fourth-order valence-electron chi connectivity index (χ4n) is 4.48. The molecule has 1 saturated heterocycles. The molecule has 0 aromatic heterocycles. The van der Waals surface area contributed by atoms with Crippen LogP contribution in [0, 0.1) is 5.92 Å². The summed E-state index contributed by atoms with van der Waals surface area (Å²) in [7, 11) is 0. The minimum atomic E-state index is -4.50. The highest BCUT2D eigenvalue weighted by molar-refractivity contribution is 5.95. The first kappa shape index (κ1) is 27.5. The number of benzene rings is 1. The second-order valence-electron chi connectivity index (χ2n) is 9.08. The Morgan fingerprint density at radius 1 is 1.08 bits per heavy atom. The van der Waals surface area contributed by atoms with Crippen LogP contribution in [-0.2, 0) is 20.5 Å². The number of nitrogens with zero attached hydrogens (tertiary/aromatic N) is 3. The number of esters is 1. The van der Waals surface area contributed by atoms with Crippen LogP contribution in [0.2, 0.25) is 0 Å². The lowest BCUT2D eigenvalue weighted by atomic mass is 9.93. The molecule has 0 saturated carbocycles. The van der Waals surface area contributed by atoms with E-state index in [0.717, 1.165) is 12.1 Å². The topological polar surface area (TPSA) is 82.2 Å². The van der Waals surface area contributed by atoms with Gasteiger partial charge in [-0.15, -0.1) is 0 Å². The number of ether oxygens (including phenoxy) is 1. The van der Waals surface area contributed by atoms with E-state index in [9.17, 15) is 27.6 Å². The molecule has 0 radical (unpaired) electrons. The number of halogens is 3. The Hall–Kier alpha value is -3.08. The quantitative estimate of drug-likeness (QED) is 0.569. The van der Waals surface area contributed by atoms with E-state index < -0.39 is 29.8 Å². The van der Waals surface area contributed by atoms with Gasteiger partial charge in [-0.1, -0.05) is 26.0 Å². The highest BCUT2D eigenvalue weighted by Crippen LogP contribution is 2.35. The van der Waals surface area contributed by atoms with Crippen molar-refractivity contribution in [2.24, 2.45) is 5.92 Å². The number of nitrogens with one attached hydrogen (secondary N) is 1. The molecule has 2 aliphatic rings. The molecule has 36 heavy (non-hydrogen) atoms. The Morgan fingerprint density at radius 2 is 1.69 bits per heavy atom. The molecule has 0 aliphatic carbocycles. The lowest BCUT2D eigenvalue weighted by Crippen LogP contribution is -2.54. The Morgan fingerprint density at radius 3 is 2.19 bits per heavy atom. The zero-order valence-corrected chi connectivity index (χ0v) is 21.0. The van der Waals surface area contributed by atoms with Crippen LogP contribution in [0.3, 0.4) is 0 Å². The zero-order valence-electron chi connectivity index (χ0n) is 21.0. The highest BCUT2D eigenvalue weighted by atomic mass is 19.4. The average molecular weight is 511 g/mol. The van der Waals surface area contributed by atoms with Crippen molar-refractivity contribution in [1.82, 2.24) is 20.0 Å². The summed E-state index contributed by atoms with van der Waals surface area (Å²) in [5, 5.41) is 2.76. The van der Waals surface area contributed by atoms with Gasteiger partial charge in [-0.25, -0.2) is 9.59 Å². The average Bonchev–Trinajstić information content (AvgIpc) is 2.83. The van der Waals surface area contributed by atoms with E-state index in [4.69, 9.17) is 4.74 Å². The predicted molar refractivity (Wildman–Crippen MR) is 127 cm³/mol. The first-order chi connectivity index (χ1) is 17.0. The maximum Gasteiger partial charge on any atom is 0.416 e. The van der Waals surface area contributed by atoms with Crippen molar-refractivity contribution in [1.29, 1.82) is 0 Å². The third-order valence-electron chi connectivity index (χ3n) is 6.37. The van der Waals surface area contributed by atoms with Crippen LogP contribution in [0.1, 0.15) is 44.9 Å². The van der Waals surface area contributed by atoms with Crippen LogP contribution in [0.25, 0.3) is 0 Å². The summed E-state index contributed by atoms with van der Waals surface area (Å²) in [6, 6.07) is 2.99. The van der Waals surface area contributed by atoms with E-state index in [1.54, 1.807) is 18.7 Å². The van der Waals surface area contributed by atoms with Gasteiger partial charge in [0, 0.05) is 50.9 Å². The summed E-state index contributed by atoms with van der Waals surface area (Å²) >= 11 is 0. The lowest BCUT2D eigenvalue weighted by Gasteiger charge is -2.40. The van der Waals surface area contributed by atoms with Crippen molar-refractivity contribution in [2.75, 3.05) is 45.9 Å². The van der Waals surface area contributed by atoms with Crippen molar-refractivity contribution in [3.05, 3.63) is 46.7 Å². The van der Waals surface area contributed by atoms with Gasteiger partial charge in [0.25, 0.3) is 0 Å². The van der Waals surface area contributed by atoms with Crippen molar-refractivity contribution >= 4 is 17.9 Å². The number of piperazine rings is 1. The predicted octanol–water partition coefficient (Wildman–Crippen LogP) is 3.41. The van der Waals surface area contributed by atoms with Crippen LogP contribution >= 0.6 is 0 Å². The van der Waals surface area contributed by atoms with Gasteiger partial charge in [0.2, 0.25) is 5.91 Å². The third-order valence-corrected chi connectivity index (χ3v) is 6.37. The standard InChI is InChI=1S/C25H33F3N4O4/c1-5-32-19(15-30-11-13-31(14-12-30)22(33)16(3)4)20(23(34)36-6-2)21(29-24(32)35)17-7-9-18(10-8-17)25(26,27)28/h7-10,16,21H,5-6,11-15H2,1-4H3,(H,29,35)/t21-/m1/s1. The van der Waals surface area contributed by atoms with E-state index >= 15 is 0 Å². The monoisotopic (exact) mass is 510 g/mol. The number of urea groups is 1. The van der Waals surface area contributed by atoms with E-state index in [-0.39, 0.29) is 37.1 Å². The molecule has 8 nitrogen and oxygen atoms in total. The van der Waals surface area contributed by atoms with E-state index in [0.29, 0.717) is 37.4 Å². The molecule has 1 atom stereocenters. The van der Waals surface area contributed by atoms with Gasteiger partial charge >= 0.3 is 18.2 Å². The molecule has 2 aliphatic heterocycles. The minimum absolute atomic E-state index is 0.0793. The second-order valence-corrected chi connectivity index (χ2v) is 9.08. The molecule has 198 valence electrons. The van der Waals surface area contributed by atoms with Crippen LogP contribution < -0.4 is 5.32 Å². The van der Waals surface area contributed by atoms with Gasteiger partial charge in [0.05, 0.1) is 23.8 Å². The maximum absolute atomic E-state index is 13.1. The van der Waals surface area contributed by atoms with Gasteiger partial charge in [-0.2, -0.15) is 13.2 Å². The molecule has 1 aromatic rings. The Bertz CT molecular complexity index is 1000. The van der Waals surface area contributed by atoms with Gasteiger partial charge in [0.15, 0.2) is 0 Å². The molecular formula is C25H33F3N4O4. The SMILES string of the molecule is CCOC(=O)C1=C(CN2CCN(C(=O)C(C)C)CC2)N(CC)C(=O)N[C@@H]1c1ccc(C(F)(F)F)cc1. The van der Waals surface area contributed by atoms with Crippen LogP contribution in [0.5, 0.6) is 0 Å². The number of hydrogen-bond donors (Lipinski definition) is 1. The molecule has 0 unspecified atom stereocenters. The number of hydrogen-bond acceptors (Lipinski definition) is 5. The molecule has 1 aromatic carbocycles. The van der Waals surface area contributed by atoms with Gasteiger partial charge in [-0.3, -0.25) is 14.6 Å². The Kier molecular flexibility index (Phi) is 8.65. The van der Waals surface area contributed by atoms with Gasteiger partial charge in [-0.05, 0) is 31.5 Å². The van der Waals surface area contributed by atoms with Crippen molar-refractivity contribution < 1.29 is 32.3 Å². The van der Waals surface area contributed by atoms with E-state index in [1.165, 1.54) is 17.0 Å². The lowest BCUT2D eigenvalue weighted by molar-refractivity contribution is -0.139. The van der Waals surface area contributed by atoms with Crippen LogP contribution in [0.15, 0.2) is 35.5 Å². The molecular weight excluding hydrogens is 477 g/mol. The minimum Gasteiger partial charge on any atom is -0.463 e. The molecule has 3 amide bonds. The van der Waals surface area contributed by atoms with E-state index in [1.807, 2.05) is 13.8 Å². The fraction of sp³-hybridized carbons (Fsp3) is 0.560. The molecule has 1 N–H and O–H groups in total. The number of rotatable bonds is 7. The van der Waals surface area contributed by atoms with Crippen molar-refractivity contribution in [3.63, 3.8) is 0 Å².